The van der Waals surface area contributed by atoms with Crippen molar-refractivity contribution >= 4 is 10.2 Å². The number of hydrogen-bond acceptors (Lipinski definition) is 3. The van der Waals surface area contributed by atoms with Crippen LogP contribution in [0.1, 0.15) is 46.0 Å². The molecule has 0 spiro atoms. The largest absolute Gasteiger partial charge is 0.329 e. The second kappa shape index (κ2) is 6.32. The van der Waals surface area contributed by atoms with Crippen LogP contribution < -0.4 is 10.5 Å². The monoisotopic (exact) mass is 277 g/mol. The highest BCUT2D eigenvalue weighted by Crippen LogP contribution is 2.36. The minimum Gasteiger partial charge on any atom is -0.329 e. The van der Waals surface area contributed by atoms with Gasteiger partial charge in [0.15, 0.2) is 0 Å². The first kappa shape index (κ1) is 15.9. The fourth-order valence-electron chi connectivity index (χ4n) is 2.53. The van der Waals surface area contributed by atoms with Crippen LogP contribution in [0, 0.1) is 5.92 Å². The lowest BCUT2D eigenvalue weighted by molar-refractivity contribution is 0.134. The molecule has 0 aromatic rings. The highest BCUT2D eigenvalue weighted by molar-refractivity contribution is 7.87. The van der Waals surface area contributed by atoms with Gasteiger partial charge in [-0.3, -0.25) is 0 Å². The van der Waals surface area contributed by atoms with Gasteiger partial charge in [0.05, 0.1) is 0 Å². The van der Waals surface area contributed by atoms with E-state index in [9.17, 15) is 8.42 Å². The van der Waals surface area contributed by atoms with Crippen molar-refractivity contribution in [2.24, 2.45) is 11.7 Å². The quantitative estimate of drug-likeness (QED) is 0.762. The summed E-state index contributed by atoms with van der Waals surface area (Å²) in [6.45, 7) is 5.03. The van der Waals surface area contributed by atoms with E-state index in [0.29, 0.717) is 19.0 Å². The van der Waals surface area contributed by atoms with Crippen LogP contribution in [0.3, 0.4) is 0 Å². The molecule has 0 unspecified atom stereocenters. The zero-order chi connectivity index (χ0) is 13.8. The smallest absolute Gasteiger partial charge is 0.279 e. The highest BCUT2D eigenvalue weighted by atomic mass is 32.2. The Bertz CT molecular complexity index is 348. The summed E-state index contributed by atoms with van der Waals surface area (Å²) < 4.78 is 28.5. The van der Waals surface area contributed by atoms with Crippen molar-refractivity contribution in [3.63, 3.8) is 0 Å². The summed E-state index contributed by atoms with van der Waals surface area (Å²) in [4.78, 5) is 0. The van der Waals surface area contributed by atoms with Gasteiger partial charge in [-0.15, -0.1) is 0 Å². The third kappa shape index (κ3) is 3.44. The predicted molar refractivity (Wildman–Crippen MR) is 74.4 cm³/mol. The Kier molecular flexibility index (Phi) is 5.58. The van der Waals surface area contributed by atoms with Crippen LogP contribution in [-0.2, 0) is 10.2 Å². The Morgan fingerprint density at radius 3 is 2.39 bits per heavy atom. The number of likely N-dealkylation sites (N-methyl/N-ethyl adjacent to an activating group) is 1. The number of hydrogen-bond donors (Lipinski definition) is 2. The van der Waals surface area contributed by atoms with Gasteiger partial charge < -0.3 is 5.73 Å². The van der Waals surface area contributed by atoms with Crippen molar-refractivity contribution in [2.45, 2.75) is 51.5 Å². The zero-order valence-corrected chi connectivity index (χ0v) is 12.6. The Labute approximate surface area is 111 Å². The maximum atomic E-state index is 12.2. The van der Waals surface area contributed by atoms with Gasteiger partial charge in [0.2, 0.25) is 0 Å². The van der Waals surface area contributed by atoms with Crippen LogP contribution in [0.2, 0.25) is 0 Å². The molecule has 0 radical (unpaired) electrons. The molecule has 5 nitrogen and oxygen atoms in total. The molecule has 0 aromatic heterocycles. The first-order valence-electron chi connectivity index (χ1n) is 6.81. The Hall–Kier alpha value is -0.170. The Morgan fingerprint density at radius 1 is 1.39 bits per heavy atom. The van der Waals surface area contributed by atoms with Crippen molar-refractivity contribution in [3.05, 3.63) is 0 Å². The highest BCUT2D eigenvalue weighted by Gasteiger charge is 2.41. The van der Waals surface area contributed by atoms with Gasteiger partial charge in [-0.1, -0.05) is 13.8 Å². The van der Waals surface area contributed by atoms with Crippen LogP contribution in [0.5, 0.6) is 0 Å². The van der Waals surface area contributed by atoms with Crippen molar-refractivity contribution < 1.29 is 8.42 Å². The normalized spacial score (nSPS) is 29.7. The van der Waals surface area contributed by atoms with E-state index in [1.54, 1.807) is 7.05 Å². The topological polar surface area (TPSA) is 75.4 Å². The van der Waals surface area contributed by atoms with Gasteiger partial charge in [0, 0.05) is 25.7 Å². The van der Waals surface area contributed by atoms with Gasteiger partial charge in [-0.05, 0) is 38.0 Å². The van der Waals surface area contributed by atoms with Gasteiger partial charge in [-0.25, -0.2) is 4.72 Å². The Balaban J connectivity index is 2.81. The van der Waals surface area contributed by atoms with Crippen LogP contribution in [0.4, 0.5) is 0 Å². The van der Waals surface area contributed by atoms with Crippen molar-refractivity contribution in [2.75, 3.05) is 20.1 Å². The molecule has 0 aromatic carbocycles. The maximum Gasteiger partial charge on any atom is 0.279 e. The van der Waals surface area contributed by atoms with E-state index in [1.165, 1.54) is 4.31 Å². The van der Waals surface area contributed by atoms with Crippen LogP contribution in [-0.4, -0.2) is 38.4 Å². The molecule has 108 valence electrons. The average molecular weight is 277 g/mol. The number of nitrogens with zero attached hydrogens (tertiary/aromatic N) is 1. The average Bonchev–Trinajstić information content (AvgIpc) is 2.37. The fraction of sp³-hybridized carbons (Fsp3) is 1.00. The first-order chi connectivity index (χ1) is 8.38. The molecule has 3 N–H and O–H groups in total. The summed E-state index contributed by atoms with van der Waals surface area (Å²) in [5.74, 6) is 0.671. The lowest BCUT2D eigenvalue weighted by atomic mass is 9.77. The van der Waals surface area contributed by atoms with E-state index < -0.39 is 15.7 Å². The molecule has 1 aliphatic rings. The molecule has 0 bridgehead atoms. The van der Waals surface area contributed by atoms with Crippen molar-refractivity contribution in [3.8, 4) is 0 Å². The van der Waals surface area contributed by atoms with Gasteiger partial charge in [0.25, 0.3) is 10.2 Å². The molecule has 18 heavy (non-hydrogen) atoms. The molecular formula is C12H27N3O2S. The molecular weight excluding hydrogens is 250 g/mol. The SMILES string of the molecule is CCCNS(=O)(=O)N(C)C1(CN)CCC(C)CC1. The molecule has 6 heteroatoms. The number of nitrogens with one attached hydrogen (secondary N) is 1. The van der Waals surface area contributed by atoms with Crippen LogP contribution in [0.25, 0.3) is 0 Å². The first-order valence-corrected chi connectivity index (χ1v) is 8.25. The second-order valence-corrected chi connectivity index (χ2v) is 7.26. The molecule has 0 atom stereocenters. The van der Waals surface area contributed by atoms with E-state index in [2.05, 4.69) is 11.6 Å². The molecule has 1 rings (SSSR count). The fourth-order valence-corrected chi connectivity index (χ4v) is 3.95. The summed E-state index contributed by atoms with van der Waals surface area (Å²) in [5.41, 5.74) is 5.48. The predicted octanol–water partition coefficient (Wildman–Crippen LogP) is 1.07. The van der Waals surface area contributed by atoms with Gasteiger partial charge in [0.1, 0.15) is 0 Å². The standard InChI is InChI=1S/C12H27N3O2S/c1-4-9-14-18(16,17)15(3)12(10-13)7-5-11(2)6-8-12/h11,14H,4-10,13H2,1-3H3. The summed E-state index contributed by atoms with van der Waals surface area (Å²) in [7, 11) is -1.75. The summed E-state index contributed by atoms with van der Waals surface area (Å²) in [6.07, 6.45) is 4.60. The van der Waals surface area contributed by atoms with E-state index in [4.69, 9.17) is 5.73 Å². The summed E-state index contributed by atoms with van der Waals surface area (Å²) in [5, 5.41) is 0. The van der Waals surface area contributed by atoms with E-state index >= 15 is 0 Å². The molecule has 1 fully saturated rings. The molecule has 0 saturated heterocycles. The van der Waals surface area contributed by atoms with Crippen molar-refractivity contribution in [1.82, 2.24) is 9.03 Å². The summed E-state index contributed by atoms with van der Waals surface area (Å²) >= 11 is 0. The molecule has 0 heterocycles. The van der Waals surface area contributed by atoms with Gasteiger partial charge >= 0.3 is 0 Å². The third-order valence-electron chi connectivity index (χ3n) is 4.15. The lowest BCUT2D eigenvalue weighted by Crippen LogP contribution is -2.58. The minimum atomic E-state index is -3.41. The number of nitrogens with two attached hydrogens (primary N) is 1. The van der Waals surface area contributed by atoms with Gasteiger partial charge in [-0.2, -0.15) is 12.7 Å². The zero-order valence-electron chi connectivity index (χ0n) is 11.8. The molecule has 0 aliphatic heterocycles. The van der Waals surface area contributed by atoms with E-state index in [1.807, 2.05) is 6.92 Å². The van der Waals surface area contributed by atoms with E-state index in [0.717, 1.165) is 32.1 Å². The van der Waals surface area contributed by atoms with Crippen LogP contribution >= 0.6 is 0 Å². The van der Waals surface area contributed by atoms with Crippen molar-refractivity contribution in [1.29, 1.82) is 0 Å². The molecule has 0 amide bonds. The van der Waals surface area contributed by atoms with E-state index in [-0.39, 0.29) is 0 Å². The summed E-state index contributed by atoms with van der Waals surface area (Å²) in [6, 6.07) is 0. The third-order valence-corrected chi connectivity index (χ3v) is 5.83. The molecule has 1 aliphatic carbocycles. The maximum absolute atomic E-state index is 12.2. The minimum absolute atomic E-state index is 0.392. The lowest BCUT2D eigenvalue weighted by Gasteiger charge is -2.44. The Morgan fingerprint density at radius 2 is 1.94 bits per heavy atom. The molecule has 1 saturated carbocycles. The number of rotatable bonds is 6. The second-order valence-electron chi connectivity index (χ2n) is 5.48. The van der Waals surface area contributed by atoms with Crippen LogP contribution in [0.15, 0.2) is 0 Å².